The standard InChI is InChI=1S/C15H13ClN2O4S2/c16-13-8-10(18-14(19)5-7-24(18,21)22)3-4-12(13)15(20)17-9-11-2-1-6-23-11/h1-4,6,8H,5,7,9H2,(H,17,20). The third-order valence-electron chi connectivity index (χ3n) is 3.51. The van der Waals surface area contributed by atoms with Crippen LogP contribution in [-0.4, -0.2) is 26.0 Å². The van der Waals surface area contributed by atoms with Gasteiger partial charge in [-0.05, 0) is 29.6 Å². The molecule has 1 aromatic heterocycles. The molecule has 0 spiro atoms. The molecular weight excluding hydrogens is 372 g/mol. The summed E-state index contributed by atoms with van der Waals surface area (Å²) in [6, 6.07) is 7.94. The third kappa shape index (κ3) is 3.31. The molecule has 2 heterocycles. The van der Waals surface area contributed by atoms with Crippen LogP contribution in [-0.2, 0) is 21.4 Å². The van der Waals surface area contributed by atoms with Crippen LogP contribution in [0.4, 0.5) is 5.69 Å². The van der Waals surface area contributed by atoms with Crippen LogP contribution >= 0.6 is 22.9 Å². The van der Waals surface area contributed by atoms with Crippen molar-refractivity contribution in [1.29, 1.82) is 0 Å². The van der Waals surface area contributed by atoms with Crippen molar-refractivity contribution in [1.82, 2.24) is 5.32 Å². The Morgan fingerprint density at radius 1 is 1.33 bits per heavy atom. The molecule has 3 rings (SSSR count). The van der Waals surface area contributed by atoms with Gasteiger partial charge in [0.25, 0.3) is 5.91 Å². The molecule has 1 aliphatic rings. The highest BCUT2D eigenvalue weighted by Gasteiger charge is 2.36. The Labute approximate surface area is 148 Å². The maximum absolute atomic E-state index is 12.2. The Bertz CT molecular complexity index is 894. The van der Waals surface area contributed by atoms with Crippen LogP contribution in [0.1, 0.15) is 21.7 Å². The number of amides is 2. The van der Waals surface area contributed by atoms with Crippen LogP contribution in [0.25, 0.3) is 0 Å². The van der Waals surface area contributed by atoms with Crippen LogP contribution in [0.15, 0.2) is 35.7 Å². The fourth-order valence-electron chi connectivity index (χ4n) is 2.36. The lowest BCUT2D eigenvalue weighted by Crippen LogP contribution is -2.29. The van der Waals surface area contributed by atoms with Gasteiger partial charge in [0, 0.05) is 11.3 Å². The van der Waals surface area contributed by atoms with E-state index in [1.165, 1.54) is 29.5 Å². The highest BCUT2D eigenvalue weighted by Crippen LogP contribution is 2.29. The van der Waals surface area contributed by atoms with Gasteiger partial charge in [-0.25, -0.2) is 12.7 Å². The number of hydrogen-bond acceptors (Lipinski definition) is 5. The Morgan fingerprint density at radius 2 is 2.12 bits per heavy atom. The van der Waals surface area contributed by atoms with Crippen LogP contribution in [0, 0.1) is 0 Å². The molecule has 0 radical (unpaired) electrons. The average Bonchev–Trinajstić information content (AvgIpc) is 3.13. The number of halogens is 1. The van der Waals surface area contributed by atoms with Gasteiger partial charge in [0.1, 0.15) is 0 Å². The highest BCUT2D eigenvalue weighted by molar-refractivity contribution is 7.94. The van der Waals surface area contributed by atoms with Crippen LogP contribution in [0.5, 0.6) is 0 Å². The lowest BCUT2D eigenvalue weighted by molar-refractivity contribution is -0.116. The van der Waals surface area contributed by atoms with E-state index in [-0.39, 0.29) is 34.4 Å². The molecule has 1 N–H and O–H groups in total. The first-order valence-corrected chi connectivity index (χ1v) is 9.91. The fourth-order valence-corrected chi connectivity index (χ4v) is 4.72. The van der Waals surface area contributed by atoms with Crippen molar-refractivity contribution in [3.8, 4) is 0 Å². The zero-order chi connectivity index (χ0) is 17.3. The van der Waals surface area contributed by atoms with E-state index in [0.717, 1.165) is 9.18 Å². The summed E-state index contributed by atoms with van der Waals surface area (Å²) in [6.07, 6.45) is -0.0526. The van der Waals surface area contributed by atoms with Crippen molar-refractivity contribution in [3.63, 3.8) is 0 Å². The first-order chi connectivity index (χ1) is 11.4. The topological polar surface area (TPSA) is 83.6 Å². The summed E-state index contributed by atoms with van der Waals surface area (Å²) in [7, 11) is -3.65. The second-order valence-corrected chi connectivity index (χ2v) is 8.53. The molecule has 2 amide bonds. The summed E-state index contributed by atoms with van der Waals surface area (Å²) >= 11 is 7.64. The fraction of sp³-hybridized carbons (Fsp3) is 0.200. The van der Waals surface area contributed by atoms with E-state index >= 15 is 0 Å². The molecule has 1 fully saturated rings. The minimum Gasteiger partial charge on any atom is -0.347 e. The van der Waals surface area contributed by atoms with Gasteiger partial charge in [-0.15, -0.1) is 11.3 Å². The van der Waals surface area contributed by atoms with Crippen molar-refractivity contribution >= 4 is 50.5 Å². The highest BCUT2D eigenvalue weighted by atomic mass is 35.5. The van der Waals surface area contributed by atoms with Crippen molar-refractivity contribution in [2.24, 2.45) is 0 Å². The minimum atomic E-state index is -3.65. The number of benzene rings is 1. The van der Waals surface area contributed by atoms with Crippen LogP contribution in [0.3, 0.4) is 0 Å². The van der Waals surface area contributed by atoms with Gasteiger partial charge < -0.3 is 5.32 Å². The van der Waals surface area contributed by atoms with Crippen molar-refractivity contribution in [3.05, 3.63) is 51.2 Å². The second kappa shape index (κ2) is 6.54. The predicted molar refractivity (Wildman–Crippen MR) is 92.8 cm³/mol. The van der Waals surface area contributed by atoms with Gasteiger partial charge in [-0.1, -0.05) is 17.7 Å². The normalized spacial score (nSPS) is 16.4. The molecule has 6 nitrogen and oxygen atoms in total. The van der Waals surface area contributed by atoms with E-state index in [1.807, 2.05) is 17.5 Å². The first kappa shape index (κ1) is 16.9. The number of hydrogen-bond donors (Lipinski definition) is 1. The number of sulfonamides is 1. The van der Waals surface area contributed by atoms with Crippen molar-refractivity contribution < 1.29 is 18.0 Å². The molecule has 126 valence electrons. The summed E-state index contributed by atoms with van der Waals surface area (Å²) in [5, 5.41) is 4.75. The smallest absolute Gasteiger partial charge is 0.253 e. The Morgan fingerprint density at radius 3 is 2.71 bits per heavy atom. The van der Waals surface area contributed by atoms with Crippen molar-refractivity contribution in [2.45, 2.75) is 13.0 Å². The van der Waals surface area contributed by atoms with E-state index in [9.17, 15) is 18.0 Å². The van der Waals surface area contributed by atoms with Crippen LogP contribution in [0.2, 0.25) is 5.02 Å². The SMILES string of the molecule is O=C(NCc1cccs1)c1ccc(N2C(=O)CCS2(=O)=O)cc1Cl. The molecular formula is C15H13ClN2O4S2. The molecule has 1 aliphatic heterocycles. The summed E-state index contributed by atoms with van der Waals surface area (Å²) < 4.78 is 24.6. The van der Waals surface area contributed by atoms with Crippen molar-refractivity contribution in [2.75, 3.05) is 10.1 Å². The first-order valence-electron chi connectivity index (χ1n) is 7.04. The Balaban J connectivity index is 1.80. The maximum Gasteiger partial charge on any atom is 0.253 e. The second-order valence-electron chi connectivity index (χ2n) is 5.15. The summed E-state index contributed by atoms with van der Waals surface area (Å²) in [6.45, 7) is 0.383. The molecule has 1 saturated heterocycles. The largest absolute Gasteiger partial charge is 0.347 e. The number of carbonyl (C=O) groups is 2. The van der Waals surface area contributed by atoms with Gasteiger partial charge >= 0.3 is 0 Å². The molecule has 0 unspecified atom stereocenters. The summed E-state index contributed by atoms with van der Waals surface area (Å²) in [5.74, 6) is -1.08. The lowest BCUT2D eigenvalue weighted by atomic mass is 10.2. The zero-order valence-electron chi connectivity index (χ0n) is 12.4. The number of nitrogens with zero attached hydrogens (tertiary/aromatic N) is 1. The molecule has 0 saturated carbocycles. The summed E-state index contributed by atoms with van der Waals surface area (Å²) in [4.78, 5) is 25.0. The molecule has 0 bridgehead atoms. The molecule has 9 heteroatoms. The third-order valence-corrected chi connectivity index (χ3v) is 6.39. The number of thiophene rings is 1. The lowest BCUT2D eigenvalue weighted by Gasteiger charge is -2.16. The van der Waals surface area contributed by atoms with Crippen LogP contribution < -0.4 is 9.62 Å². The number of carbonyl (C=O) groups excluding carboxylic acids is 2. The van der Waals surface area contributed by atoms with E-state index in [4.69, 9.17) is 11.6 Å². The van der Waals surface area contributed by atoms with E-state index in [1.54, 1.807) is 0 Å². The van der Waals surface area contributed by atoms with E-state index in [2.05, 4.69) is 5.32 Å². The maximum atomic E-state index is 12.2. The average molecular weight is 385 g/mol. The Hall–Kier alpha value is -1.90. The number of rotatable bonds is 4. The molecule has 24 heavy (non-hydrogen) atoms. The number of nitrogens with one attached hydrogen (secondary N) is 1. The monoisotopic (exact) mass is 384 g/mol. The molecule has 0 aliphatic carbocycles. The number of anilines is 1. The van der Waals surface area contributed by atoms with Gasteiger partial charge in [0.15, 0.2) is 0 Å². The molecule has 1 aromatic carbocycles. The van der Waals surface area contributed by atoms with Gasteiger partial charge in [0.05, 0.1) is 28.6 Å². The predicted octanol–water partition coefficient (Wildman–Crippen LogP) is 2.40. The zero-order valence-corrected chi connectivity index (χ0v) is 14.7. The molecule has 0 atom stereocenters. The van der Waals surface area contributed by atoms with Gasteiger partial charge in [-0.2, -0.15) is 0 Å². The molecule has 2 aromatic rings. The quantitative estimate of drug-likeness (QED) is 0.877. The van der Waals surface area contributed by atoms with E-state index < -0.39 is 15.9 Å². The van der Waals surface area contributed by atoms with Gasteiger partial charge in [-0.3, -0.25) is 9.59 Å². The van der Waals surface area contributed by atoms with Gasteiger partial charge in [0.2, 0.25) is 15.9 Å². The minimum absolute atomic E-state index is 0.0526. The summed E-state index contributed by atoms with van der Waals surface area (Å²) in [5.41, 5.74) is 0.373. The Kier molecular flexibility index (Phi) is 4.62. The van der Waals surface area contributed by atoms with E-state index in [0.29, 0.717) is 6.54 Å².